The fraction of sp³-hybridized carbons (Fsp3) is 0.174. The molecule has 4 aromatic rings. The molecule has 1 aliphatic heterocycles. The Morgan fingerprint density at radius 1 is 1.00 bits per heavy atom. The summed E-state index contributed by atoms with van der Waals surface area (Å²) in [5.74, 6) is 0.529. The average molecular weight is 386 g/mol. The van der Waals surface area contributed by atoms with Crippen molar-refractivity contribution in [3.05, 3.63) is 78.6 Å². The predicted molar refractivity (Wildman–Crippen MR) is 109 cm³/mol. The predicted octanol–water partition coefficient (Wildman–Crippen LogP) is 4.70. The number of ether oxygens (including phenoxy) is 1. The van der Waals surface area contributed by atoms with Crippen LogP contribution in [0.2, 0.25) is 0 Å². The number of para-hydroxylation sites is 1. The van der Waals surface area contributed by atoms with Crippen LogP contribution in [0.25, 0.3) is 22.0 Å². The van der Waals surface area contributed by atoms with Gasteiger partial charge in [0.25, 0.3) is 0 Å². The van der Waals surface area contributed by atoms with E-state index in [1.54, 1.807) is 36.8 Å². The molecule has 0 amide bonds. The van der Waals surface area contributed by atoms with Crippen LogP contribution in [0.3, 0.4) is 0 Å². The first-order chi connectivity index (χ1) is 14.3. The summed E-state index contributed by atoms with van der Waals surface area (Å²) >= 11 is 0. The van der Waals surface area contributed by atoms with Crippen LogP contribution in [-0.4, -0.2) is 28.0 Å². The van der Waals surface area contributed by atoms with Crippen molar-refractivity contribution < 1.29 is 9.13 Å². The number of hydrogen-bond acceptors (Lipinski definition) is 5. The first-order valence-corrected chi connectivity index (χ1v) is 9.61. The van der Waals surface area contributed by atoms with Crippen LogP contribution in [0, 0.1) is 5.82 Å². The maximum absolute atomic E-state index is 13.8. The molecule has 2 aromatic carbocycles. The number of nitrogens with one attached hydrogen (secondary N) is 1. The highest BCUT2D eigenvalue weighted by atomic mass is 19.1. The van der Waals surface area contributed by atoms with Gasteiger partial charge in [-0.1, -0.05) is 12.1 Å². The van der Waals surface area contributed by atoms with Crippen molar-refractivity contribution in [1.29, 1.82) is 0 Å². The molecule has 5 rings (SSSR count). The number of aromatic nitrogens is 3. The molecule has 1 saturated heterocycles. The van der Waals surface area contributed by atoms with Crippen LogP contribution < -0.4 is 10.1 Å². The first kappa shape index (κ1) is 17.7. The molecule has 144 valence electrons. The minimum absolute atomic E-state index is 0.159. The Balaban J connectivity index is 1.49. The molecule has 0 spiro atoms. The maximum atomic E-state index is 13.8. The lowest BCUT2D eigenvalue weighted by Gasteiger charge is -2.14. The third kappa shape index (κ3) is 3.54. The van der Waals surface area contributed by atoms with Crippen molar-refractivity contribution >= 4 is 10.9 Å². The summed E-state index contributed by atoms with van der Waals surface area (Å²) in [7, 11) is 0. The summed E-state index contributed by atoms with van der Waals surface area (Å²) in [5.41, 5.74) is 4.25. The van der Waals surface area contributed by atoms with Crippen LogP contribution in [-0.2, 0) is 0 Å². The smallest absolute Gasteiger partial charge is 0.219 e. The van der Waals surface area contributed by atoms with E-state index in [4.69, 9.17) is 4.74 Å². The van der Waals surface area contributed by atoms with E-state index in [2.05, 4.69) is 32.4 Å². The van der Waals surface area contributed by atoms with Crippen molar-refractivity contribution in [2.75, 3.05) is 13.1 Å². The Hall–Kier alpha value is -3.38. The number of pyridine rings is 1. The molecule has 5 nitrogen and oxygen atoms in total. The van der Waals surface area contributed by atoms with Gasteiger partial charge in [0.15, 0.2) is 11.6 Å². The number of halogens is 1. The van der Waals surface area contributed by atoms with E-state index in [0.29, 0.717) is 11.8 Å². The van der Waals surface area contributed by atoms with Gasteiger partial charge in [-0.3, -0.25) is 0 Å². The molecule has 0 aliphatic carbocycles. The fourth-order valence-corrected chi connectivity index (χ4v) is 3.78. The molecule has 0 saturated carbocycles. The Morgan fingerprint density at radius 2 is 1.93 bits per heavy atom. The topological polar surface area (TPSA) is 59.9 Å². The molecule has 0 radical (unpaired) electrons. The monoisotopic (exact) mass is 386 g/mol. The molecule has 1 atom stereocenters. The highest BCUT2D eigenvalue weighted by molar-refractivity contribution is 5.87. The van der Waals surface area contributed by atoms with Crippen LogP contribution in [0.5, 0.6) is 11.6 Å². The van der Waals surface area contributed by atoms with E-state index in [1.165, 1.54) is 11.6 Å². The van der Waals surface area contributed by atoms with Gasteiger partial charge in [-0.05, 0) is 60.3 Å². The number of fused-ring (bicyclic) bond motifs is 1. The molecule has 1 unspecified atom stereocenters. The summed E-state index contributed by atoms with van der Waals surface area (Å²) in [6, 6.07) is 14.3. The second-order valence-electron chi connectivity index (χ2n) is 7.13. The van der Waals surface area contributed by atoms with Gasteiger partial charge < -0.3 is 10.1 Å². The Morgan fingerprint density at radius 3 is 2.72 bits per heavy atom. The van der Waals surface area contributed by atoms with Gasteiger partial charge in [0.1, 0.15) is 6.33 Å². The summed E-state index contributed by atoms with van der Waals surface area (Å²) in [6.07, 6.45) is 6.29. The highest BCUT2D eigenvalue weighted by Crippen LogP contribution is 2.33. The zero-order valence-corrected chi connectivity index (χ0v) is 15.7. The molecule has 1 fully saturated rings. The fourth-order valence-electron chi connectivity index (χ4n) is 3.78. The second kappa shape index (κ2) is 7.56. The van der Waals surface area contributed by atoms with E-state index < -0.39 is 5.82 Å². The standard InChI is InChI=1S/C23H19FN4O/c24-20-3-1-2-4-21(20)29-22-6-5-15(13-27-22)17-9-18-12-26-14-28-23(18)19(10-17)16-7-8-25-11-16/h1-6,9-10,12-14,16,25H,7-8,11H2. The zero-order chi connectivity index (χ0) is 19.6. The molecule has 29 heavy (non-hydrogen) atoms. The van der Waals surface area contributed by atoms with Crippen LogP contribution in [0.1, 0.15) is 17.9 Å². The van der Waals surface area contributed by atoms with Gasteiger partial charge in [-0.25, -0.2) is 19.3 Å². The quantitative estimate of drug-likeness (QED) is 0.551. The Kier molecular flexibility index (Phi) is 4.62. The number of rotatable bonds is 4. The van der Waals surface area contributed by atoms with Gasteiger partial charge in [0.05, 0.1) is 5.52 Å². The minimum atomic E-state index is -0.414. The number of nitrogens with zero attached hydrogens (tertiary/aromatic N) is 3. The number of benzene rings is 2. The van der Waals surface area contributed by atoms with Crippen LogP contribution in [0.4, 0.5) is 4.39 Å². The lowest BCUT2D eigenvalue weighted by molar-refractivity contribution is 0.427. The summed E-state index contributed by atoms with van der Waals surface area (Å²) in [6.45, 7) is 1.97. The minimum Gasteiger partial charge on any atom is -0.436 e. The maximum Gasteiger partial charge on any atom is 0.219 e. The molecule has 1 aliphatic rings. The Bertz CT molecular complexity index is 1160. The van der Waals surface area contributed by atoms with Gasteiger partial charge in [-0.2, -0.15) is 0 Å². The molecule has 3 heterocycles. The molecular weight excluding hydrogens is 367 g/mol. The summed E-state index contributed by atoms with van der Waals surface area (Å²) < 4.78 is 19.4. The number of hydrogen-bond donors (Lipinski definition) is 1. The van der Waals surface area contributed by atoms with Crippen molar-refractivity contribution in [1.82, 2.24) is 20.3 Å². The third-order valence-corrected chi connectivity index (χ3v) is 5.26. The van der Waals surface area contributed by atoms with E-state index in [9.17, 15) is 4.39 Å². The third-order valence-electron chi connectivity index (χ3n) is 5.26. The van der Waals surface area contributed by atoms with Crippen molar-refractivity contribution in [3.8, 4) is 22.8 Å². The molecular formula is C23H19FN4O. The zero-order valence-electron chi connectivity index (χ0n) is 15.7. The average Bonchev–Trinajstić information content (AvgIpc) is 3.30. The van der Waals surface area contributed by atoms with Crippen molar-refractivity contribution in [2.24, 2.45) is 0 Å². The van der Waals surface area contributed by atoms with Crippen LogP contribution >= 0.6 is 0 Å². The normalized spacial score (nSPS) is 16.2. The van der Waals surface area contributed by atoms with Gasteiger partial charge in [0.2, 0.25) is 5.88 Å². The molecule has 0 bridgehead atoms. The van der Waals surface area contributed by atoms with Crippen molar-refractivity contribution in [3.63, 3.8) is 0 Å². The van der Waals surface area contributed by atoms with E-state index in [0.717, 1.165) is 41.5 Å². The highest BCUT2D eigenvalue weighted by Gasteiger charge is 2.20. The van der Waals surface area contributed by atoms with Crippen molar-refractivity contribution in [2.45, 2.75) is 12.3 Å². The Labute approximate surface area is 167 Å². The molecule has 6 heteroatoms. The largest absolute Gasteiger partial charge is 0.436 e. The van der Waals surface area contributed by atoms with Gasteiger partial charge in [0, 0.05) is 36.0 Å². The molecule has 2 aromatic heterocycles. The van der Waals surface area contributed by atoms with E-state index >= 15 is 0 Å². The van der Waals surface area contributed by atoms with E-state index in [-0.39, 0.29) is 5.75 Å². The van der Waals surface area contributed by atoms with Crippen LogP contribution in [0.15, 0.2) is 67.3 Å². The lowest BCUT2D eigenvalue weighted by atomic mass is 9.92. The molecule has 1 N–H and O–H groups in total. The lowest BCUT2D eigenvalue weighted by Crippen LogP contribution is -2.08. The SMILES string of the molecule is Fc1ccccc1Oc1ccc(-c2cc(C3CCNC3)c3ncncc3c2)cn1. The summed E-state index contributed by atoms with van der Waals surface area (Å²) in [4.78, 5) is 13.1. The second-order valence-corrected chi connectivity index (χ2v) is 7.13. The first-order valence-electron chi connectivity index (χ1n) is 9.61. The van der Waals surface area contributed by atoms with E-state index in [1.807, 2.05) is 12.3 Å². The summed E-state index contributed by atoms with van der Waals surface area (Å²) in [5, 5.41) is 4.44. The van der Waals surface area contributed by atoms with Gasteiger partial charge >= 0.3 is 0 Å². The van der Waals surface area contributed by atoms with Gasteiger partial charge in [-0.15, -0.1) is 0 Å².